The van der Waals surface area contributed by atoms with E-state index in [0.29, 0.717) is 13.2 Å². The third-order valence-electron chi connectivity index (χ3n) is 2.12. The molecule has 1 unspecified atom stereocenters. The lowest BCUT2D eigenvalue weighted by Gasteiger charge is -2.11. The first-order valence-corrected chi connectivity index (χ1v) is 5.88. The summed E-state index contributed by atoms with van der Waals surface area (Å²) in [4.78, 5) is 0. The Bertz CT molecular complexity index is 140. The molecule has 0 bridgehead atoms. The number of ether oxygens (including phenoxy) is 1. The Morgan fingerprint density at radius 2 is 2.20 bits per heavy atom. The summed E-state index contributed by atoms with van der Waals surface area (Å²) in [7, 11) is 0. The minimum Gasteiger partial charge on any atom is -0.389 e. The van der Waals surface area contributed by atoms with Gasteiger partial charge in [-0.15, -0.1) is 6.58 Å². The fraction of sp³-hybridized carbons (Fsp3) is 0.833. The lowest BCUT2D eigenvalue weighted by atomic mass is 10.2. The fourth-order valence-corrected chi connectivity index (χ4v) is 1.26. The number of hydrogen-bond donors (Lipinski definition) is 2. The molecule has 0 aromatic heterocycles. The predicted molar refractivity (Wildman–Crippen MR) is 64.0 cm³/mol. The summed E-state index contributed by atoms with van der Waals surface area (Å²) in [5.41, 5.74) is 0. The van der Waals surface area contributed by atoms with Crippen LogP contribution in [-0.4, -0.2) is 37.5 Å². The van der Waals surface area contributed by atoms with Crippen LogP contribution < -0.4 is 5.32 Å². The van der Waals surface area contributed by atoms with E-state index in [1.54, 1.807) is 6.08 Å². The number of rotatable bonds is 11. The summed E-state index contributed by atoms with van der Waals surface area (Å²) in [6.07, 6.45) is 6.21. The minimum atomic E-state index is -0.406. The second-order valence-electron chi connectivity index (χ2n) is 3.74. The molecule has 0 radical (unpaired) electrons. The van der Waals surface area contributed by atoms with Gasteiger partial charge in [0.2, 0.25) is 0 Å². The highest BCUT2D eigenvalue weighted by Gasteiger charge is 2.02. The molecule has 0 fully saturated rings. The Balaban J connectivity index is 3.09. The maximum Gasteiger partial charge on any atom is 0.0897 e. The Morgan fingerprint density at radius 3 is 2.87 bits per heavy atom. The molecule has 0 saturated carbocycles. The molecule has 2 N–H and O–H groups in total. The predicted octanol–water partition coefficient (Wildman–Crippen LogP) is 1.72. The Morgan fingerprint density at radius 1 is 1.40 bits per heavy atom. The molecule has 0 aliphatic heterocycles. The van der Waals surface area contributed by atoms with Gasteiger partial charge in [-0.25, -0.2) is 0 Å². The molecule has 0 saturated heterocycles. The van der Waals surface area contributed by atoms with Crippen molar-refractivity contribution in [1.29, 1.82) is 0 Å². The van der Waals surface area contributed by atoms with Gasteiger partial charge >= 0.3 is 0 Å². The zero-order valence-electron chi connectivity index (χ0n) is 9.87. The second kappa shape index (κ2) is 11.7. The minimum absolute atomic E-state index is 0.406. The molecule has 0 aromatic rings. The van der Waals surface area contributed by atoms with Gasteiger partial charge in [-0.2, -0.15) is 0 Å². The van der Waals surface area contributed by atoms with Crippen LogP contribution in [-0.2, 0) is 4.74 Å². The molecule has 0 amide bonds. The van der Waals surface area contributed by atoms with E-state index in [2.05, 4.69) is 18.8 Å². The van der Waals surface area contributed by atoms with Crippen LogP contribution in [0.25, 0.3) is 0 Å². The van der Waals surface area contributed by atoms with E-state index in [4.69, 9.17) is 4.74 Å². The first kappa shape index (κ1) is 14.6. The van der Waals surface area contributed by atoms with Gasteiger partial charge in [0, 0.05) is 19.7 Å². The largest absolute Gasteiger partial charge is 0.389 e. The van der Waals surface area contributed by atoms with Crippen molar-refractivity contribution in [3.8, 4) is 0 Å². The highest BCUT2D eigenvalue weighted by Crippen LogP contribution is 1.99. The smallest absolute Gasteiger partial charge is 0.0897 e. The van der Waals surface area contributed by atoms with Crippen LogP contribution in [0.1, 0.15) is 32.6 Å². The summed E-state index contributed by atoms with van der Waals surface area (Å²) in [6, 6.07) is 0. The van der Waals surface area contributed by atoms with E-state index >= 15 is 0 Å². The van der Waals surface area contributed by atoms with Gasteiger partial charge in [0.25, 0.3) is 0 Å². The maximum absolute atomic E-state index is 9.46. The molecule has 15 heavy (non-hydrogen) atoms. The highest BCUT2D eigenvalue weighted by atomic mass is 16.5. The van der Waals surface area contributed by atoms with Gasteiger partial charge in [0.1, 0.15) is 0 Å². The molecule has 0 heterocycles. The van der Waals surface area contributed by atoms with Crippen molar-refractivity contribution in [2.45, 2.75) is 38.7 Å². The zero-order chi connectivity index (χ0) is 11.4. The van der Waals surface area contributed by atoms with Gasteiger partial charge in [-0.3, -0.25) is 0 Å². The quantitative estimate of drug-likeness (QED) is 0.407. The van der Waals surface area contributed by atoms with E-state index in [0.717, 1.165) is 19.6 Å². The Kier molecular flexibility index (Phi) is 11.4. The van der Waals surface area contributed by atoms with Crippen molar-refractivity contribution in [3.05, 3.63) is 12.7 Å². The van der Waals surface area contributed by atoms with Crippen molar-refractivity contribution in [3.63, 3.8) is 0 Å². The molecule has 0 spiro atoms. The highest BCUT2D eigenvalue weighted by molar-refractivity contribution is 4.71. The second-order valence-corrected chi connectivity index (χ2v) is 3.74. The van der Waals surface area contributed by atoms with Crippen LogP contribution in [0.5, 0.6) is 0 Å². The molecule has 1 atom stereocenters. The summed E-state index contributed by atoms with van der Waals surface area (Å²) < 4.78 is 5.36. The molecule has 3 heteroatoms. The van der Waals surface area contributed by atoms with Crippen LogP contribution in [0.3, 0.4) is 0 Å². The lowest BCUT2D eigenvalue weighted by Crippen LogP contribution is -2.30. The van der Waals surface area contributed by atoms with E-state index in [-0.39, 0.29) is 0 Å². The first-order chi connectivity index (χ1) is 7.31. The molecular weight excluding hydrogens is 190 g/mol. The summed E-state index contributed by atoms with van der Waals surface area (Å²) in [5.74, 6) is 0. The third kappa shape index (κ3) is 11.5. The SMILES string of the molecule is C=CCNCC(O)COCCCCCC. The maximum atomic E-state index is 9.46. The topological polar surface area (TPSA) is 41.5 Å². The van der Waals surface area contributed by atoms with Gasteiger partial charge in [-0.05, 0) is 6.42 Å². The van der Waals surface area contributed by atoms with Crippen molar-refractivity contribution in [1.82, 2.24) is 5.32 Å². The molecular formula is C12H25NO2. The van der Waals surface area contributed by atoms with Crippen molar-refractivity contribution in [2.75, 3.05) is 26.3 Å². The lowest BCUT2D eigenvalue weighted by molar-refractivity contribution is 0.0359. The van der Waals surface area contributed by atoms with Gasteiger partial charge in [-0.1, -0.05) is 32.3 Å². The fourth-order valence-electron chi connectivity index (χ4n) is 1.26. The molecule has 0 rings (SSSR count). The number of unbranched alkanes of at least 4 members (excludes halogenated alkanes) is 3. The number of aliphatic hydroxyl groups excluding tert-OH is 1. The molecule has 90 valence electrons. The van der Waals surface area contributed by atoms with E-state index < -0.39 is 6.10 Å². The summed E-state index contributed by atoms with van der Waals surface area (Å²) in [5, 5.41) is 12.5. The van der Waals surface area contributed by atoms with Crippen molar-refractivity contribution in [2.24, 2.45) is 0 Å². The molecule has 0 aliphatic rings. The normalized spacial score (nSPS) is 12.7. The Labute approximate surface area is 93.5 Å². The van der Waals surface area contributed by atoms with E-state index in [1.165, 1.54) is 19.3 Å². The van der Waals surface area contributed by atoms with Crippen molar-refractivity contribution >= 4 is 0 Å². The molecule has 0 aromatic carbocycles. The van der Waals surface area contributed by atoms with Crippen LogP contribution in [0.15, 0.2) is 12.7 Å². The molecule has 3 nitrogen and oxygen atoms in total. The monoisotopic (exact) mass is 215 g/mol. The molecule has 0 aliphatic carbocycles. The van der Waals surface area contributed by atoms with Crippen LogP contribution >= 0.6 is 0 Å². The average molecular weight is 215 g/mol. The average Bonchev–Trinajstić information content (AvgIpc) is 2.23. The van der Waals surface area contributed by atoms with Gasteiger partial charge in [0.15, 0.2) is 0 Å². The summed E-state index contributed by atoms with van der Waals surface area (Å²) >= 11 is 0. The number of nitrogens with one attached hydrogen (secondary N) is 1. The third-order valence-corrected chi connectivity index (χ3v) is 2.12. The number of aliphatic hydroxyl groups is 1. The first-order valence-electron chi connectivity index (χ1n) is 5.88. The van der Waals surface area contributed by atoms with Gasteiger partial charge < -0.3 is 15.2 Å². The van der Waals surface area contributed by atoms with Crippen LogP contribution in [0, 0.1) is 0 Å². The zero-order valence-corrected chi connectivity index (χ0v) is 9.87. The Hall–Kier alpha value is -0.380. The summed E-state index contributed by atoms with van der Waals surface area (Å²) in [6.45, 7) is 8.27. The van der Waals surface area contributed by atoms with Crippen molar-refractivity contribution < 1.29 is 9.84 Å². The van der Waals surface area contributed by atoms with E-state index in [9.17, 15) is 5.11 Å². The van der Waals surface area contributed by atoms with E-state index in [1.807, 2.05) is 0 Å². The standard InChI is InChI=1S/C12H25NO2/c1-3-5-6-7-9-15-11-12(14)10-13-8-4-2/h4,12-14H,2-3,5-11H2,1H3. The van der Waals surface area contributed by atoms with Crippen LogP contribution in [0.2, 0.25) is 0 Å². The van der Waals surface area contributed by atoms with Crippen LogP contribution in [0.4, 0.5) is 0 Å². The number of hydrogen-bond acceptors (Lipinski definition) is 3. The van der Waals surface area contributed by atoms with Gasteiger partial charge in [0.05, 0.1) is 12.7 Å².